The molecule has 0 amide bonds. The van der Waals surface area contributed by atoms with Crippen LogP contribution in [0.1, 0.15) is 94.8 Å². The van der Waals surface area contributed by atoms with Crippen molar-refractivity contribution in [2.45, 2.75) is 91.1 Å². The van der Waals surface area contributed by atoms with Crippen molar-refractivity contribution in [2.24, 2.45) is 5.92 Å². The summed E-state index contributed by atoms with van der Waals surface area (Å²) >= 11 is 0. The Labute approximate surface area is 388 Å². The number of benzene rings is 4. The maximum absolute atomic E-state index is 13.3. The summed E-state index contributed by atoms with van der Waals surface area (Å²) in [7, 11) is 12.9. The molecule has 0 spiro atoms. The zero-order chi connectivity index (χ0) is 46.9. The highest BCUT2D eigenvalue weighted by Crippen LogP contribution is 2.44. The van der Waals surface area contributed by atoms with Gasteiger partial charge in [0.05, 0.1) is 102 Å². The first-order valence-electron chi connectivity index (χ1n) is 23.3. The SMILES string of the molecule is COc1cc(C[C@@H]2c3cc(C)c(C)cc3CC[N@+]2(C)CCC(=O)OCCC(C)CCOC(=O)CC[N@@+]2(C)CCc3cc(OC)c(OC)cc3[C@H]2Cc2ccc(OC)c(OC)c2)ccc1C. The Morgan fingerprint density at radius 3 is 1.54 bits per heavy atom. The predicted molar refractivity (Wildman–Crippen MR) is 254 cm³/mol. The summed E-state index contributed by atoms with van der Waals surface area (Å²) in [5.74, 6) is 3.54. The maximum Gasteiger partial charge on any atom is 0.311 e. The van der Waals surface area contributed by atoms with Crippen LogP contribution < -0.4 is 23.7 Å². The fourth-order valence-electron chi connectivity index (χ4n) is 9.99. The number of aryl methyl sites for hydroxylation is 3. The molecule has 0 bridgehead atoms. The number of rotatable bonds is 21. The number of methoxy groups -OCH3 is 5. The van der Waals surface area contributed by atoms with Crippen LogP contribution in [0.15, 0.2) is 60.7 Å². The lowest BCUT2D eigenvalue weighted by atomic mass is 9.84. The van der Waals surface area contributed by atoms with E-state index in [1.807, 2.05) is 12.1 Å². The fourth-order valence-corrected chi connectivity index (χ4v) is 9.99. The monoisotopic (exact) mass is 895 g/mol. The van der Waals surface area contributed by atoms with Gasteiger partial charge in [0, 0.05) is 36.8 Å². The predicted octanol–water partition coefficient (Wildman–Crippen LogP) is 9.21. The average Bonchev–Trinajstić information content (AvgIpc) is 3.30. The molecule has 4 aromatic rings. The number of nitrogens with zero attached hydrogens (tertiary/aromatic N) is 2. The molecule has 5 atom stereocenters. The molecule has 65 heavy (non-hydrogen) atoms. The number of ether oxygens (including phenoxy) is 7. The largest absolute Gasteiger partial charge is 0.496 e. The van der Waals surface area contributed by atoms with Crippen molar-refractivity contribution < 1.29 is 51.7 Å². The third-order valence-corrected chi connectivity index (χ3v) is 14.6. The van der Waals surface area contributed by atoms with E-state index in [2.05, 4.69) is 90.3 Å². The van der Waals surface area contributed by atoms with Gasteiger partial charge >= 0.3 is 11.9 Å². The summed E-state index contributed by atoms with van der Waals surface area (Å²) in [4.78, 5) is 26.5. The first-order valence-corrected chi connectivity index (χ1v) is 23.3. The van der Waals surface area contributed by atoms with Crippen molar-refractivity contribution in [3.63, 3.8) is 0 Å². The summed E-state index contributed by atoms with van der Waals surface area (Å²) < 4.78 is 41.3. The second-order valence-electron chi connectivity index (χ2n) is 19.0. The normalized spacial score (nSPS) is 20.5. The van der Waals surface area contributed by atoms with Gasteiger partial charge in [-0.3, -0.25) is 9.59 Å². The number of esters is 2. The van der Waals surface area contributed by atoms with Crippen molar-refractivity contribution >= 4 is 11.9 Å². The van der Waals surface area contributed by atoms with Crippen LogP contribution in [0.5, 0.6) is 28.7 Å². The second kappa shape index (κ2) is 21.8. The Hall–Kier alpha value is -5.26. The zero-order valence-corrected chi connectivity index (χ0v) is 41.0. The smallest absolute Gasteiger partial charge is 0.311 e. The summed E-state index contributed by atoms with van der Waals surface area (Å²) in [6.45, 7) is 12.4. The molecular formula is C54H74N2O9+2. The highest BCUT2D eigenvalue weighted by molar-refractivity contribution is 5.69. The molecule has 2 aliphatic heterocycles. The third-order valence-electron chi connectivity index (χ3n) is 14.6. The molecule has 1 unspecified atom stereocenters. The summed E-state index contributed by atoms with van der Waals surface area (Å²) in [5.41, 5.74) is 11.3. The van der Waals surface area contributed by atoms with Gasteiger partial charge in [-0.1, -0.05) is 31.2 Å². The molecule has 0 fully saturated rings. The van der Waals surface area contributed by atoms with Gasteiger partial charge < -0.3 is 42.1 Å². The molecular weight excluding hydrogens is 821 g/mol. The molecule has 0 N–H and O–H groups in total. The molecule has 6 rings (SSSR count). The highest BCUT2D eigenvalue weighted by atomic mass is 16.5. The Morgan fingerprint density at radius 2 is 1.00 bits per heavy atom. The first kappa shape index (κ1) is 49.2. The van der Waals surface area contributed by atoms with E-state index in [-0.39, 0.29) is 29.9 Å². The molecule has 11 nitrogen and oxygen atoms in total. The van der Waals surface area contributed by atoms with E-state index in [1.54, 1.807) is 35.5 Å². The van der Waals surface area contributed by atoms with E-state index in [4.69, 9.17) is 33.2 Å². The van der Waals surface area contributed by atoms with Gasteiger partial charge in [0.25, 0.3) is 0 Å². The number of quaternary nitrogens is 2. The van der Waals surface area contributed by atoms with Crippen molar-refractivity contribution in [1.29, 1.82) is 0 Å². The molecule has 0 aromatic heterocycles. The number of carbonyl (C=O) groups is 2. The maximum atomic E-state index is 13.3. The number of fused-ring (bicyclic) bond motifs is 2. The van der Waals surface area contributed by atoms with Crippen LogP contribution in [0.4, 0.5) is 0 Å². The number of carbonyl (C=O) groups excluding carboxylic acids is 2. The van der Waals surface area contributed by atoms with E-state index in [9.17, 15) is 9.59 Å². The van der Waals surface area contributed by atoms with Gasteiger partial charge in [0.2, 0.25) is 0 Å². The molecule has 0 aliphatic carbocycles. The standard InChI is InChI=1S/C54H74N2O9/c1-36(20-26-64-53(57)18-24-55(5)22-16-42-28-38(3)39(4)29-44(42)46(55)30-40-13-12-37(2)49(32-40)60-8)21-27-65-54(58)19-25-56(6)23-17-43-34-51(62-10)52(63-11)35-45(43)47(56)31-41-14-15-48(59-7)50(33-41)61-9/h12-15,28-29,32-36,46-47H,16-27,30-31H2,1-11H3/q+2/t36?,46-,47-,55-,56-/m1/s1. The fraction of sp³-hybridized carbons (Fsp3) is 0.519. The Bertz CT molecular complexity index is 2290. The summed E-state index contributed by atoms with van der Waals surface area (Å²) in [6.07, 6.45) is 5.49. The average molecular weight is 895 g/mol. The molecule has 0 saturated heterocycles. The van der Waals surface area contributed by atoms with Gasteiger partial charge in [0.1, 0.15) is 17.8 Å². The van der Waals surface area contributed by atoms with Crippen LogP contribution in [-0.4, -0.2) is 110 Å². The summed E-state index contributed by atoms with van der Waals surface area (Å²) in [6, 6.07) is 21.7. The van der Waals surface area contributed by atoms with Crippen molar-refractivity contribution in [1.82, 2.24) is 0 Å². The third kappa shape index (κ3) is 11.8. The molecule has 0 saturated carbocycles. The van der Waals surface area contributed by atoms with Crippen LogP contribution in [0.2, 0.25) is 0 Å². The Balaban J connectivity index is 0.990. The quantitative estimate of drug-likeness (QED) is 0.0599. The van der Waals surface area contributed by atoms with E-state index in [0.29, 0.717) is 79.5 Å². The van der Waals surface area contributed by atoms with Crippen LogP contribution >= 0.6 is 0 Å². The van der Waals surface area contributed by atoms with Gasteiger partial charge in [-0.25, -0.2) is 0 Å². The van der Waals surface area contributed by atoms with Crippen molar-refractivity contribution in [2.75, 3.05) is 89.0 Å². The molecule has 2 aliphatic rings. The van der Waals surface area contributed by atoms with E-state index in [0.717, 1.165) is 60.1 Å². The van der Waals surface area contributed by atoms with E-state index in [1.165, 1.54) is 38.9 Å². The van der Waals surface area contributed by atoms with Crippen LogP contribution in [0.25, 0.3) is 0 Å². The number of hydrogen-bond donors (Lipinski definition) is 0. The molecule has 2 heterocycles. The van der Waals surface area contributed by atoms with Crippen LogP contribution in [0, 0.1) is 26.7 Å². The van der Waals surface area contributed by atoms with E-state index < -0.39 is 0 Å². The molecule has 11 heteroatoms. The Morgan fingerprint density at radius 1 is 0.554 bits per heavy atom. The lowest BCUT2D eigenvalue weighted by molar-refractivity contribution is -0.940. The zero-order valence-electron chi connectivity index (χ0n) is 41.0. The number of hydrogen-bond acceptors (Lipinski definition) is 9. The topological polar surface area (TPSA) is 98.8 Å². The summed E-state index contributed by atoms with van der Waals surface area (Å²) in [5, 5.41) is 0. The van der Waals surface area contributed by atoms with Crippen LogP contribution in [-0.2, 0) is 44.7 Å². The van der Waals surface area contributed by atoms with Gasteiger partial charge in [-0.2, -0.15) is 0 Å². The van der Waals surface area contributed by atoms with Gasteiger partial charge in [0.15, 0.2) is 23.0 Å². The minimum atomic E-state index is -0.201. The lowest BCUT2D eigenvalue weighted by Crippen LogP contribution is -2.53. The lowest BCUT2D eigenvalue weighted by Gasteiger charge is -2.46. The van der Waals surface area contributed by atoms with Crippen LogP contribution in [0.3, 0.4) is 0 Å². The van der Waals surface area contributed by atoms with Gasteiger partial charge in [-0.15, -0.1) is 0 Å². The first-order chi connectivity index (χ1) is 31.1. The van der Waals surface area contributed by atoms with Gasteiger partial charge in [-0.05, 0) is 115 Å². The van der Waals surface area contributed by atoms with Crippen molar-refractivity contribution in [3.8, 4) is 28.7 Å². The minimum absolute atomic E-state index is 0.0479. The highest BCUT2D eigenvalue weighted by Gasteiger charge is 2.42. The molecule has 0 radical (unpaired) electrons. The van der Waals surface area contributed by atoms with E-state index >= 15 is 0 Å². The second-order valence-corrected chi connectivity index (χ2v) is 19.0. The Kier molecular flexibility index (Phi) is 16.5. The minimum Gasteiger partial charge on any atom is -0.496 e. The van der Waals surface area contributed by atoms with Crippen molar-refractivity contribution in [3.05, 3.63) is 111 Å². The number of likely N-dealkylation sites (N-methyl/N-ethyl adjacent to an activating group) is 2. The molecule has 352 valence electrons. The molecule has 4 aromatic carbocycles.